The number of benzene rings is 2. The highest BCUT2D eigenvalue weighted by molar-refractivity contribution is 7.91. The fourth-order valence-corrected chi connectivity index (χ4v) is 6.21. The Morgan fingerprint density at radius 2 is 1.63 bits per heavy atom. The predicted molar refractivity (Wildman–Crippen MR) is 138 cm³/mol. The third-order valence-electron chi connectivity index (χ3n) is 6.23. The number of aromatic nitrogens is 1. The highest BCUT2D eigenvalue weighted by atomic mass is 35.5. The Kier molecular flexibility index (Phi) is 8.02. The lowest BCUT2D eigenvalue weighted by molar-refractivity contribution is 0.0683. The number of sulfone groups is 1. The molecule has 0 saturated carbocycles. The number of ether oxygens (including phenoxy) is 1. The summed E-state index contributed by atoms with van der Waals surface area (Å²) in [6, 6.07) is 10.5. The molecule has 0 saturated heterocycles. The molecule has 0 bridgehead atoms. The van der Waals surface area contributed by atoms with Crippen molar-refractivity contribution in [2.75, 3.05) is 6.61 Å². The predicted octanol–water partition coefficient (Wildman–Crippen LogP) is 6.50. The maximum absolute atomic E-state index is 13.5. The monoisotopic (exact) mass is 517 g/mol. The van der Waals surface area contributed by atoms with Crippen molar-refractivity contribution in [3.63, 3.8) is 0 Å². The van der Waals surface area contributed by atoms with Crippen LogP contribution in [0.15, 0.2) is 46.2 Å². The molecule has 8 heteroatoms. The highest BCUT2D eigenvalue weighted by Gasteiger charge is 2.31. The average molecular weight is 518 g/mol. The SMILES string of the molecule is Cc1cc(OCCCn2c(C)c(S(=O)(=O)c3ccc(C(C)C)cc3)c(C)c2C(=O)O)cc(C)c1Cl. The fourth-order valence-electron chi connectivity index (χ4n) is 4.37. The zero-order valence-electron chi connectivity index (χ0n) is 21.0. The van der Waals surface area contributed by atoms with Gasteiger partial charge in [-0.25, -0.2) is 13.2 Å². The van der Waals surface area contributed by atoms with Gasteiger partial charge in [0.25, 0.3) is 0 Å². The van der Waals surface area contributed by atoms with Gasteiger partial charge in [0, 0.05) is 22.8 Å². The first-order chi connectivity index (χ1) is 16.4. The van der Waals surface area contributed by atoms with Gasteiger partial charge in [0.05, 0.1) is 16.4 Å². The Morgan fingerprint density at radius 3 is 2.14 bits per heavy atom. The first kappa shape index (κ1) is 26.8. The van der Waals surface area contributed by atoms with Crippen LogP contribution in [-0.2, 0) is 16.4 Å². The van der Waals surface area contributed by atoms with Crippen molar-refractivity contribution in [3.05, 3.63) is 75.1 Å². The van der Waals surface area contributed by atoms with Crippen molar-refractivity contribution in [3.8, 4) is 5.75 Å². The minimum absolute atomic E-state index is 0.0157. The number of carbonyl (C=O) groups is 1. The molecule has 35 heavy (non-hydrogen) atoms. The van der Waals surface area contributed by atoms with Gasteiger partial charge in [-0.2, -0.15) is 0 Å². The number of carboxylic acids is 1. The first-order valence-corrected chi connectivity index (χ1v) is 13.4. The van der Waals surface area contributed by atoms with Gasteiger partial charge in [-0.05, 0) is 81.0 Å². The van der Waals surface area contributed by atoms with E-state index in [1.807, 2.05) is 39.8 Å². The van der Waals surface area contributed by atoms with Crippen LogP contribution >= 0.6 is 11.6 Å². The lowest BCUT2D eigenvalue weighted by atomic mass is 10.0. The van der Waals surface area contributed by atoms with Crippen LogP contribution in [0.4, 0.5) is 0 Å². The zero-order chi connectivity index (χ0) is 26.1. The van der Waals surface area contributed by atoms with Crippen molar-refractivity contribution < 1.29 is 23.1 Å². The van der Waals surface area contributed by atoms with E-state index in [-0.39, 0.29) is 27.0 Å². The summed E-state index contributed by atoms with van der Waals surface area (Å²) < 4.78 is 34.4. The van der Waals surface area contributed by atoms with Crippen LogP contribution in [-0.4, -0.2) is 30.7 Å². The Balaban J connectivity index is 1.87. The van der Waals surface area contributed by atoms with Gasteiger partial charge >= 0.3 is 5.97 Å². The maximum atomic E-state index is 13.5. The maximum Gasteiger partial charge on any atom is 0.352 e. The van der Waals surface area contributed by atoms with Crippen molar-refractivity contribution in [2.45, 2.75) is 70.2 Å². The van der Waals surface area contributed by atoms with Crippen LogP contribution in [0.1, 0.15) is 64.6 Å². The number of halogens is 1. The lowest BCUT2D eigenvalue weighted by Gasteiger charge is -2.13. The smallest absolute Gasteiger partial charge is 0.352 e. The number of hydrogen-bond acceptors (Lipinski definition) is 4. The minimum atomic E-state index is -3.89. The zero-order valence-corrected chi connectivity index (χ0v) is 22.5. The molecule has 0 radical (unpaired) electrons. The first-order valence-electron chi connectivity index (χ1n) is 11.5. The molecule has 3 rings (SSSR count). The van der Waals surface area contributed by atoms with Crippen molar-refractivity contribution in [1.82, 2.24) is 4.57 Å². The summed E-state index contributed by atoms with van der Waals surface area (Å²) in [5, 5.41) is 10.6. The van der Waals surface area contributed by atoms with Crippen LogP contribution in [0.25, 0.3) is 0 Å². The molecule has 0 spiro atoms. The van der Waals surface area contributed by atoms with E-state index in [9.17, 15) is 18.3 Å². The molecule has 1 heterocycles. The van der Waals surface area contributed by atoms with E-state index in [1.54, 1.807) is 42.7 Å². The molecule has 2 aromatic carbocycles. The molecule has 0 amide bonds. The molecule has 0 aliphatic carbocycles. The van der Waals surface area contributed by atoms with Crippen LogP contribution in [0.2, 0.25) is 5.02 Å². The third-order valence-corrected chi connectivity index (χ3v) is 8.86. The summed E-state index contributed by atoms with van der Waals surface area (Å²) in [5.74, 6) is -0.193. The number of hydrogen-bond donors (Lipinski definition) is 1. The molecule has 3 aromatic rings. The van der Waals surface area contributed by atoms with Crippen LogP contribution in [0, 0.1) is 27.7 Å². The molecular weight excluding hydrogens is 486 g/mol. The van der Waals surface area contributed by atoms with E-state index in [2.05, 4.69) is 0 Å². The second-order valence-corrected chi connectivity index (χ2v) is 11.4. The normalized spacial score (nSPS) is 11.8. The van der Waals surface area contributed by atoms with Gasteiger partial charge in [0.2, 0.25) is 9.84 Å². The molecule has 188 valence electrons. The molecule has 1 aromatic heterocycles. The molecule has 0 fully saturated rings. The van der Waals surface area contributed by atoms with Crippen molar-refractivity contribution in [1.29, 1.82) is 0 Å². The Morgan fingerprint density at radius 1 is 1.06 bits per heavy atom. The summed E-state index contributed by atoms with van der Waals surface area (Å²) >= 11 is 6.21. The third kappa shape index (κ3) is 5.41. The molecule has 6 nitrogen and oxygen atoms in total. The minimum Gasteiger partial charge on any atom is -0.494 e. The number of nitrogens with zero attached hydrogens (tertiary/aromatic N) is 1. The summed E-state index contributed by atoms with van der Waals surface area (Å²) in [4.78, 5) is 12.3. The second kappa shape index (κ2) is 10.5. The van der Waals surface area contributed by atoms with E-state index in [0.717, 1.165) is 16.7 Å². The molecule has 0 aliphatic rings. The fraction of sp³-hybridized carbons (Fsp3) is 0.370. The quantitative estimate of drug-likeness (QED) is 0.327. The van der Waals surface area contributed by atoms with Crippen LogP contribution in [0.5, 0.6) is 5.75 Å². The largest absolute Gasteiger partial charge is 0.494 e. The Hall–Kier alpha value is -2.77. The lowest BCUT2D eigenvalue weighted by Crippen LogP contribution is -2.13. The van der Waals surface area contributed by atoms with Crippen molar-refractivity contribution >= 4 is 27.4 Å². The van der Waals surface area contributed by atoms with Crippen LogP contribution in [0.3, 0.4) is 0 Å². The molecule has 1 N–H and O–H groups in total. The van der Waals surface area contributed by atoms with Gasteiger partial charge in [0.15, 0.2) is 0 Å². The van der Waals surface area contributed by atoms with Crippen LogP contribution < -0.4 is 4.74 Å². The van der Waals surface area contributed by atoms with E-state index in [0.29, 0.717) is 36.0 Å². The van der Waals surface area contributed by atoms with Crippen molar-refractivity contribution in [2.24, 2.45) is 0 Å². The van der Waals surface area contributed by atoms with E-state index in [1.165, 1.54) is 0 Å². The number of rotatable bonds is 9. The molecule has 0 unspecified atom stereocenters. The molecule has 0 atom stereocenters. The van der Waals surface area contributed by atoms with Gasteiger partial charge < -0.3 is 14.4 Å². The van der Waals surface area contributed by atoms with E-state index < -0.39 is 15.8 Å². The Labute approximate surface area is 212 Å². The summed E-state index contributed by atoms with van der Waals surface area (Å²) in [6.45, 7) is 11.7. The van der Waals surface area contributed by atoms with Gasteiger partial charge in [-0.1, -0.05) is 37.6 Å². The average Bonchev–Trinajstić information content (AvgIpc) is 3.04. The number of carboxylic acid groups (broad SMARTS) is 1. The van der Waals surface area contributed by atoms with E-state index >= 15 is 0 Å². The van der Waals surface area contributed by atoms with Gasteiger partial charge in [-0.3, -0.25) is 0 Å². The summed E-state index contributed by atoms with van der Waals surface area (Å²) in [6.07, 6.45) is 0.499. The topological polar surface area (TPSA) is 85.6 Å². The molecular formula is C27H32ClNO5S. The number of aromatic carboxylic acids is 1. The van der Waals surface area contributed by atoms with E-state index in [4.69, 9.17) is 16.3 Å². The Bertz CT molecular complexity index is 1330. The van der Waals surface area contributed by atoms with Gasteiger partial charge in [-0.15, -0.1) is 0 Å². The second-order valence-electron chi connectivity index (χ2n) is 9.15. The van der Waals surface area contributed by atoms with Gasteiger partial charge in [0.1, 0.15) is 11.4 Å². The molecule has 0 aliphatic heterocycles. The standard InChI is InChI=1S/C27H32ClNO5S/c1-16(2)21-8-10-23(11-9-21)35(32,33)26-19(5)25(27(30)31)29(20(26)6)12-7-13-34-22-14-17(3)24(28)18(4)15-22/h8-11,14-16H,7,12-13H2,1-6H3,(H,30,31). The summed E-state index contributed by atoms with van der Waals surface area (Å²) in [7, 11) is -3.89. The highest BCUT2D eigenvalue weighted by Crippen LogP contribution is 2.32. The summed E-state index contributed by atoms with van der Waals surface area (Å²) in [5.41, 5.74) is 3.51. The number of aryl methyl sites for hydroxylation is 2.